The van der Waals surface area contributed by atoms with Gasteiger partial charge in [0.2, 0.25) is 0 Å². The normalized spacial score (nSPS) is 12.8. The van der Waals surface area contributed by atoms with Crippen molar-refractivity contribution in [2.24, 2.45) is 12.8 Å². The predicted octanol–water partition coefficient (Wildman–Crippen LogP) is 1.21. The van der Waals surface area contributed by atoms with E-state index in [1.54, 1.807) is 17.1 Å². The van der Waals surface area contributed by atoms with Gasteiger partial charge in [-0.15, -0.1) is 0 Å². The minimum Gasteiger partial charge on any atom is -0.324 e. The lowest BCUT2D eigenvalue weighted by molar-refractivity contribution is 0.767. The summed E-state index contributed by atoms with van der Waals surface area (Å²) in [5, 5.41) is 4.09. The fraction of sp³-hybridized carbons (Fsp3) is 0.364. The maximum absolute atomic E-state index is 5.81. The Hall–Kier alpha value is -1.75. The fourth-order valence-electron chi connectivity index (χ4n) is 1.60. The van der Waals surface area contributed by atoms with Crippen molar-refractivity contribution in [3.8, 4) is 11.4 Å². The number of aromatic nitrogens is 4. The molecule has 0 amide bonds. The Bertz CT molecular complexity index is 501. The highest BCUT2D eigenvalue weighted by Crippen LogP contribution is 2.17. The van der Waals surface area contributed by atoms with E-state index in [2.05, 4.69) is 15.1 Å². The molecular weight excluding hydrogens is 202 g/mol. The van der Waals surface area contributed by atoms with Gasteiger partial charge < -0.3 is 5.73 Å². The number of hydrogen-bond acceptors (Lipinski definition) is 4. The first-order valence-corrected chi connectivity index (χ1v) is 5.16. The van der Waals surface area contributed by atoms with Gasteiger partial charge in [-0.25, -0.2) is 9.97 Å². The SMILES string of the molecule is Cc1nc(-c2cnn(C)c2)ncc1[C@H](C)N. The van der Waals surface area contributed by atoms with Crippen LogP contribution in [0, 0.1) is 6.92 Å². The highest BCUT2D eigenvalue weighted by molar-refractivity contribution is 5.52. The molecule has 0 aliphatic heterocycles. The Labute approximate surface area is 94.3 Å². The topological polar surface area (TPSA) is 69.6 Å². The lowest BCUT2D eigenvalue weighted by Crippen LogP contribution is -2.09. The van der Waals surface area contributed by atoms with Crippen LogP contribution >= 0.6 is 0 Å². The van der Waals surface area contributed by atoms with Crippen LogP contribution in [0.15, 0.2) is 18.6 Å². The van der Waals surface area contributed by atoms with Crippen molar-refractivity contribution in [3.05, 3.63) is 29.8 Å². The lowest BCUT2D eigenvalue weighted by Gasteiger charge is -2.08. The van der Waals surface area contributed by atoms with Crippen molar-refractivity contribution in [1.82, 2.24) is 19.7 Å². The molecule has 0 bridgehead atoms. The van der Waals surface area contributed by atoms with Crippen LogP contribution in [0.3, 0.4) is 0 Å². The second-order valence-electron chi connectivity index (χ2n) is 3.93. The van der Waals surface area contributed by atoms with Gasteiger partial charge in [-0.1, -0.05) is 0 Å². The summed E-state index contributed by atoms with van der Waals surface area (Å²) in [6.45, 7) is 3.87. The molecule has 2 rings (SSSR count). The van der Waals surface area contributed by atoms with Crippen molar-refractivity contribution in [2.75, 3.05) is 0 Å². The summed E-state index contributed by atoms with van der Waals surface area (Å²) >= 11 is 0. The molecule has 0 saturated carbocycles. The smallest absolute Gasteiger partial charge is 0.162 e. The van der Waals surface area contributed by atoms with Crippen LogP contribution in [-0.4, -0.2) is 19.7 Å². The van der Waals surface area contributed by atoms with Gasteiger partial charge in [-0.3, -0.25) is 4.68 Å². The average molecular weight is 217 g/mol. The lowest BCUT2D eigenvalue weighted by atomic mass is 10.1. The first kappa shape index (κ1) is 10.8. The molecule has 16 heavy (non-hydrogen) atoms. The second-order valence-corrected chi connectivity index (χ2v) is 3.93. The molecule has 0 aromatic carbocycles. The standard InChI is InChI=1S/C11H15N5/c1-7(12)10-5-13-11(15-8(10)2)9-4-14-16(3)6-9/h4-7H,12H2,1-3H3/t7-/m0/s1. The maximum atomic E-state index is 5.81. The van der Waals surface area contributed by atoms with E-state index in [0.29, 0.717) is 5.82 Å². The van der Waals surface area contributed by atoms with Crippen LogP contribution in [0.4, 0.5) is 0 Å². The van der Waals surface area contributed by atoms with Gasteiger partial charge in [0.05, 0.1) is 11.8 Å². The van der Waals surface area contributed by atoms with E-state index >= 15 is 0 Å². The minimum absolute atomic E-state index is 0.0389. The average Bonchev–Trinajstić information content (AvgIpc) is 2.64. The summed E-state index contributed by atoms with van der Waals surface area (Å²) in [6.07, 6.45) is 5.43. The van der Waals surface area contributed by atoms with Gasteiger partial charge in [-0.2, -0.15) is 5.10 Å². The quantitative estimate of drug-likeness (QED) is 0.820. The molecule has 0 saturated heterocycles. The van der Waals surface area contributed by atoms with E-state index in [4.69, 9.17) is 5.73 Å². The molecule has 0 aliphatic carbocycles. The summed E-state index contributed by atoms with van der Waals surface area (Å²) in [5.41, 5.74) is 8.63. The largest absolute Gasteiger partial charge is 0.324 e. The van der Waals surface area contributed by atoms with E-state index in [1.807, 2.05) is 27.1 Å². The zero-order valence-corrected chi connectivity index (χ0v) is 9.68. The molecule has 5 nitrogen and oxygen atoms in total. The molecule has 0 spiro atoms. The van der Waals surface area contributed by atoms with Crippen molar-refractivity contribution in [1.29, 1.82) is 0 Å². The number of nitrogens with two attached hydrogens (primary N) is 1. The molecule has 0 radical (unpaired) electrons. The third-order valence-corrected chi connectivity index (χ3v) is 2.47. The van der Waals surface area contributed by atoms with Gasteiger partial charge in [0.25, 0.3) is 0 Å². The Balaban J connectivity index is 2.42. The van der Waals surface area contributed by atoms with E-state index in [0.717, 1.165) is 16.8 Å². The van der Waals surface area contributed by atoms with Crippen LogP contribution in [-0.2, 0) is 7.05 Å². The summed E-state index contributed by atoms with van der Waals surface area (Å²) in [7, 11) is 1.87. The zero-order chi connectivity index (χ0) is 11.7. The highest BCUT2D eigenvalue weighted by atomic mass is 15.2. The Morgan fingerprint density at radius 1 is 1.38 bits per heavy atom. The molecule has 1 atom stereocenters. The molecule has 2 aromatic heterocycles. The molecule has 0 aliphatic rings. The number of hydrogen-bond donors (Lipinski definition) is 1. The highest BCUT2D eigenvalue weighted by Gasteiger charge is 2.09. The Morgan fingerprint density at radius 3 is 2.62 bits per heavy atom. The first-order valence-electron chi connectivity index (χ1n) is 5.16. The van der Waals surface area contributed by atoms with Crippen molar-refractivity contribution < 1.29 is 0 Å². The van der Waals surface area contributed by atoms with Gasteiger partial charge in [-0.05, 0) is 13.8 Å². The fourth-order valence-corrected chi connectivity index (χ4v) is 1.60. The van der Waals surface area contributed by atoms with Crippen LogP contribution in [0.1, 0.15) is 24.2 Å². The first-order chi connectivity index (χ1) is 7.58. The van der Waals surface area contributed by atoms with E-state index < -0.39 is 0 Å². The predicted molar refractivity (Wildman–Crippen MR) is 61.6 cm³/mol. The molecule has 5 heteroatoms. The summed E-state index contributed by atoms with van der Waals surface area (Å²) < 4.78 is 1.73. The maximum Gasteiger partial charge on any atom is 0.162 e. The molecule has 2 heterocycles. The van der Waals surface area contributed by atoms with Crippen LogP contribution in [0.5, 0.6) is 0 Å². The molecule has 2 aromatic rings. The minimum atomic E-state index is -0.0389. The third-order valence-electron chi connectivity index (χ3n) is 2.47. The molecular formula is C11H15N5. The monoisotopic (exact) mass is 217 g/mol. The number of nitrogens with zero attached hydrogens (tertiary/aromatic N) is 4. The van der Waals surface area contributed by atoms with Crippen molar-refractivity contribution in [3.63, 3.8) is 0 Å². The Kier molecular flexibility index (Phi) is 2.70. The Morgan fingerprint density at radius 2 is 2.12 bits per heavy atom. The van der Waals surface area contributed by atoms with E-state index in [1.165, 1.54) is 0 Å². The number of aryl methyl sites for hydroxylation is 2. The van der Waals surface area contributed by atoms with Gasteiger partial charge in [0.1, 0.15) is 0 Å². The third kappa shape index (κ3) is 1.94. The second kappa shape index (κ2) is 4.02. The van der Waals surface area contributed by atoms with E-state index in [-0.39, 0.29) is 6.04 Å². The van der Waals surface area contributed by atoms with Crippen LogP contribution in [0.2, 0.25) is 0 Å². The molecule has 2 N–H and O–H groups in total. The summed E-state index contributed by atoms with van der Waals surface area (Å²) in [4.78, 5) is 8.73. The summed E-state index contributed by atoms with van der Waals surface area (Å²) in [5.74, 6) is 0.690. The molecule has 84 valence electrons. The molecule has 0 fully saturated rings. The van der Waals surface area contributed by atoms with Gasteiger partial charge in [0, 0.05) is 36.7 Å². The van der Waals surface area contributed by atoms with Crippen LogP contribution < -0.4 is 5.73 Å². The van der Waals surface area contributed by atoms with Crippen molar-refractivity contribution >= 4 is 0 Å². The summed E-state index contributed by atoms with van der Waals surface area (Å²) in [6, 6.07) is -0.0389. The van der Waals surface area contributed by atoms with Gasteiger partial charge in [0.15, 0.2) is 5.82 Å². The van der Waals surface area contributed by atoms with Gasteiger partial charge >= 0.3 is 0 Å². The van der Waals surface area contributed by atoms with E-state index in [9.17, 15) is 0 Å². The molecule has 0 unspecified atom stereocenters. The zero-order valence-electron chi connectivity index (χ0n) is 9.68. The van der Waals surface area contributed by atoms with Crippen LogP contribution in [0.25, 0.3) is 11.4 Å². The number of rotatable bonds is 2. The van der Waals surface area contributed by atoms with Crippen molar-refractivity contribution in [2.45, 2.75) is 19.9 Å².